The lowest BCUT2D eigenvalue weighted by molar-refractivity contribution is -0.130. The molecule has 0 aromatic heterocycles. The summed E-state index contributed by atoms with van der Waals surface area (Å²) in [4.78, 5) is 27.3. The molecule has 0 aliphatic carbocycles. The minimum atomic E-state index is -0.357. The van der Waals surface area contributed by atoms with E-state index in [4.69, 9.17) is 0 Å². The van der Waals surface area contributed by atoms with Gasteiger partial charge < -0.3 is 9.80 Å². The standard InChI is InChI=1S/C16H19FN2O2/c1-2-18-11-12-19(10-9-16(18)21)15(20)8-7-13-5-3-4-6-14(13)17/h3-8H,2,9-12H2,1H3/b8-7+. The maximum Gasteiger partial charge on any atom is 0.246 e. The topological polar surface area (TPSA) is 40.6 Å². The SMILES string of the molecule is CCN1CCN(C(=O)/C=C/c2ccccc2F)CCC1=O. The summed E-state index contributed by atoms with van der Waals surface area (Å²) in [6, 6.07) is 6.29. The average Bonchev–Trinajstić information content (AvgIpc) is 2.68. The van der Waals surface area contributed by atoms with Gasteiger partial charge in [-0.05, 0) is 19.1 Å². The van der Waals surface area contributed by atoms with Crippen LogP contribution < -0.4 is 0 Å². The first kappa shape index (κ1) is 15.2. The Morgan fingerprint density at radius 2 is 2.05 bits per heavy atom. The Morgan fingerprint density at radius 1 is 1.29 bits per heavy atom. The van der Waals surface area contributed by atoms with Gasteiger partial charge in [-0.2, -0.15) is 0 Å². The predicted octanol–water partition coefficient (Wildman–Crippen LogP) is 1.92. The molecule has 1 aromatic carbocycles. The summed E-state index contributed by atoms with van der Waals surface area (Å²) in [5, 5.41) is 0. The van der Waals surface area contributed by atoms with Gasteiger partial charge in [-0.25, -0.2) is 4.39 Å². The molecule has 0 N–H and O–H groups in total. The van der Waals surface area contributed by atoms with Crippen molar-refractivity contribution >= 4 is 17.9 Å². The third-order valence-corrected chi connectivity index (χ3v) is 3.59. The Morgan fingerprint density at radius 3 is 2.76 bits per heavy atom. The molecule has 0 spiro atoms. The van der Waals surface area contributed by atoms with Crippen LogP contribution in [0.2, 0.25) is 0 Å². The van der Waals surface area contributed by atoms with E-state index in [-0.39, 0.29) is 17.6 Å². The Hall–Kier alpha value is -2.17. The summed E-state index contributed by atoms with van der Waals surface area (Å²) >= 11 is 0. The van der Waals surface area contributed by atoms with Gasteiger partial charge in [-0.1, -0.05) is 18.2 Å². The second-order valence-electron chi connectivity index (χ2n) is 4.90. The van der Waals surface area contributed by atoms with Crippen LogP contribution in [0.4, 0.5) is 4.39 Å². The van der Waals surface area contributed by atoms with E-state index < -0.39 is 0 Å². The first-order valence-electron chi connectivity index (χ1n) is 7.11. The number of carbonyl (C=O) groups is 2. The van der Waals surface area contributed by atoms with Gasteiger partial charge in [-0.15, -0.1) is 0 Å². The minimum absolute atomic E-state index is 0.0749. The molecule has 4 nitrogen and oxygen atoms in total. The summed E-state index contributed by atoms with van der Waals surface area (Å²) in [5.74, 6) is -0.473. The second-order valence-corrected chi connectivity index (χ2v) is 4.90. The lowest BCUT2D eigenvalue weighted by atomic mass is 10.2. The van der Waals surface area contributed by atoms with E-state index in [0.29, 0.717) is 38.2 Å². The van der Waals surface area contributed by atoms with Gasteiger partial charge in [0.05, 0.1) is 0 Å². The van der Waals surface area contributed by atoms with Gasteiger partial charge in [0, 0.05) is 44.2 Å². The molecule has 0 atom stereocenters. The van der Waals surface area contributed by atoms with Crippen molar-refractivity contribution in [2.75, 3.05) is 26.2 Å². The van der Waals surface area contributed by atoms with Crippen LogP contribution in [0.5, 0.6) is 0 Å². The Labute approximate surface area is 123 Å². The molecule has 2 rings (SSSR count). The van der Waals surface area contributed by atoms with E-state index in [2.05, 4.69) is 0 Å². The molecule has 0 bridgehead atoms. The van der Waals surface area contributed by atoms with Crippen molar-refractivity contribution in [3.05, 3.63) is 41.7 Å². The first-order chi connectivity index (χ1) is 10.1. The van der Waals surface area contributed by atoms with Crippen molar-refractivity contribution in [1.82, 2.24) is 9.80 Å². The van der Waals surface area contributed by atoms with E-state index in [0.717, 1.165) is 0 Å². The van der Waals surface area contributed by atoms with Crippen LogP contribution in [0.3, 0.4) is 0 Å². The molecule has 1 aromatic rings. The summed E-state index contributed by atoms with van der Waals surface area (Å²) in [6.07, 6.45) is 3.18. The fourth-order valence-electron chi connectivity index (χ4n) is 2.30. The predicted molar refractivity (Wildman–Crippen MR) is 78.9 cm³/mol. The summed E-state index contributed by atoms with van der Waals surface area (Å²) in [6.45, 7) is 4.06. The summed E-state index contributed by atoms with van der Waals surface area (Å²) in [5.41, 5.74) is 0.381. The molecule has 0 saturated carbocycles. The third kappa shape index (κ3) is 3.90. The molecule has 112 valence electrons. The Bertz CT molecular complexity index is 557. The average molecular weight is 290 g/mol. The molecular formula is C16H19FN2O2. The van der Waals surface area contributed by atoms with Crippen molar-refractivity contribution in [2.45, 2.75) is 13.3 Å². The summed E-state index contributed by atoms with van der Waals surface area (Å²) in [7, 11) is 0. The molecule has 1 aliphatic rings. The van der Waals surface area contributed by atoms with Gasteiger partial charge >= 0.3 is 0 Å². The van der Waals surface area contributed by atoms with Crippen LogP contribution in [-0.4, -0.2) is 47.8 Å². The zero-order valence-electron chi connectivity index (χ0n) is 12.1. The van der Waals surface area contributed by atoms with E-state index >= 15 is 0 Å². The van der Waals surface area contributed by atoms with Crippen LogP contribution in [0.15, 0.2) is 30.3 Å². The van der Waals surface area contributed by atoms with Crippen molar-refractivity contribution in [3.63, 3.8) is 0 Å². The lowest BCUT2D eigenvalue weighted by Crippen LogP contribution is -2.35. The van der Waals surface area contributed by atoms with Gasteiger partial charge in [0.2, 0.25) is 11.8 Å². The van der Waals surface area contributed by atoms with Crippen molar-refractivity contribution in [3.8, 4) is 0 Å². The van der Waals surface area contributed by atoms with E-state index in [9.17, 15) is 14.0 Å². The van der Waals surface area contributed by atoms with Crippen molar-refractivity contribution < 1.29 is 14.0 Å². The van der Waals surface area contributed by atoms with Crippen molar-refractivity contribution in [1.29, 1.82) is 0 Å². The first-order valence-corrected chi connectivity index (χ1v) is 7.11. The Kier molecular flexibility index (Phi) is 5.09. The number of hydrogen-bond acceptors (Lipinski definition) is 2. The van der Waals surface area contributed by atoms with Crippen LogP contribution in [-0.2, 0) is 9.59 Å². The van der Waals surface area contributed by atoms with E-state index in [1.807, 2.05) is 6.92 Å². The van der Waals surface area contributed by atoms with Gasteiger partial charge in [-0.3, -0.25) is 9.59 Å². The fraction of sp³-hybridized carbons (Fsp3) is 0.375. The fourth-order valence-corrected chi connectivity index (χ4v) is 2.30. The maximum absolute atomic E-state index is 13.5. The molecule has 0 radical (unpaired) electrons. The zero-order chi connectivity index (χ0) is 15.2. The molecule has 21 heavy (non-hydrogen) atoms. The molecule has 1 heterocycles. The van der Waals surface area contributed by atoms with Gasteiger partial charge in [0.1, 0.15) is 5.82 Å². The minimum Gasteiger partial charge on any atom is -0.341 e. The Balaban J connectivity index is 2.00. The zero-order valence-corrected chi connectivity index (χ0v) is 12.1. The number of halogens is 1. The molecule has 1 aliphatic heterocycles. The molecule has 0 unspecified atom stereocenters. The maximum atomic E-state index is 13.5. The normalized spacial score (nSPS) is 16.4. The number of amides is 2. The highest BCUT2D eigenvalue weighted by molar-refractivity contribution is 5.92. The van der Waals surface area contributed by atoms with Gasteiger partial charge in [0.15, 0.2) is 0 Å². The molecule has 1 saturated heterocycles. The summed E-state index contributed by atoms with van der Waals surface area (Å²) < 4.78 is 13.5. The van der Waals surface area contributed by atoms with Crippen LogP contribution in [0.1, 0.15) is 18.9 Å². The smallest absolute Gasteiger partial charge is 0.246 e. The third-order valence-electron chi connectivity index (χ3n) is 3.59. The largest absolute Gasteiger partial charge is 0.341 e. The van der Waals surface area contributed by atoms with Crippen molar-refractivity contribution in [2.24, 2.45) is 0 Å². The quantitative estimate of drug-likeness (QED) is 0.798. The number of hydrogen-bond donors (Lipinski definition) is 0. The van der Waals surface area contributed by atoms with E-state index in [1.165, 1.54) is 18.2 Å². The molecule has 1 fully saturated rings. The van der Waals surface area contributed by atoms with Crippen LogP contribution in [0, 0.1) is 5.82 Å². The van der Waals surface area contributed by atoms with Crippen LogP contribution in [0.25, 0.3) is 6.08 Å². The highest BCUT2D eigenvalue weighted by Crippen LogP contribution is 2.10. The number of carbonyl (C=O) groups excluding carboxylic acids is 2. The van der Waals surface area contributed by atoms with Gasteiger partial charge in [0.25, 0.3) is 0 Å². The van der Waals surface area contributed by atoms with Crippen LogP contribution >= 0.6 is 0 Å². The number of likely N-dealkylation sites (N-methyl/N-ethyl adjacent to an activating group) is 1. The number of nitrogens with zero attached hydrogens (tertiary/aromatic N) is 2. The molecule has 5 heteroatoms. The van der Waals surface area contributed by atoms with E-state index in [1.54, 1.807) is 28.0 Å². The number of benzene rings is 1. The number of rotatable bonds is 3. The highest BCUT2D eigenvalue weighted by Gasteiger charge is 2.21. The second kappa shape index (κ2) is 7.02. The highest BCUT2D eigenvalue weighted by atomic mass is 19.1. The molecular weight excluding hydrogens is 271 g/mol. The monoisotopic (exact) mass is 290 g/mol. The lowest BCUT2D eigenvalue weighted by Gasteiger charge is -2.20. The molecule has 2 amide bonds.